The molecule has 0 fully saturated rings. The number of benzene rings is 1. The fraction of sp³-hybridized carbons (Fsp3) is 0.211. The number of nitrogens with zero attached hydrogens (tertiary/aromatic N) is 3. The molecule has 0 unspecified atom stereocenters. The molecule has 2 heterocycles. The van der Waals surface area contributed by atoms with Gasteiger partial charge in [-0.25, -0.2) is 14.8 Å². The maximum Gasteiger partial charge on any atom is 0.337 e. The molecule has 0 aliphatic carbocycles. The number of carboxylic acid groups (broad SMARTS) is 1. The molecule has 0 amide bonds. The van der Waals surface area contributed by atoms with Crippen LogP contribution in [0.5, 0.6) is 5.88 Å². The van der Waals surface area contributed by atoms with Gasteiger partial charge in [0.1, 0.15) is 5.82 Å². The van der Waals surface area contributed by atoms with Gasteiger partial charge in [-0.05, 0) is 26.2 Å². The van der Waals surface area contributed by atoms with E-state index >= 15 is 0 Å². The van der Waals surface area contributed by atoms with Gasteiger partial charge in [0, 0.05) is 36.4 Å². The van der Waals surface area contributed by atoms with Gasteiger partial charge in [-0.1, -0.05) is 23.7 Å². The van der Waals surface area contributed by atoms with E-state index < -0.39 is 5.97 Å². The van der Waals surface area contributed by atoms with E-state index in [0.29, 0.717) is 28.9 Å². The summed E-state index contributed by atoms with van der Waals surface area (Å²) >= 11 is 6.36. The molecule has 27 heavy (non-hydrogen) atoms. The summed E-state index contributed by atoms with van der Waals surface area (Å²) in [7, 11) is 3.94. The number of likely N-dealkylation sites (N-methyl/N-ethyl adjacent to an activating group) is 1. The molecule has 3 N–H and O–H groups in total. The highest BCUT2D eigenvalue weighted by Crippen LogP contribution is 2.36. The number of aromatic amines is 1. The fourth-order valence-electron chi connectivity index (χ4n) is 2.73. The lowest BCUT2D eigenvalue weighted by Gasteiger charge is -2.07. The molecule has 7 nitrogen and oxygen atoms in total. The van der Waals surface area contributed by atoms with Gasteiger partial charge in [-0.3, -0.25) is 0 Å². The Kier molecular flexibility index (Phi) is 5.43. The summed E-state index contributed by atoms with van der Waals surface area (Å²) in [5, 5.41) is 19.2. The van der Waals surface area contributed by atoms with E-state index in [0.717, 1.165) is 12.4 Å². The van der Waals surface area contributed by atoms with Crippen molar-refractivity contribution in [1.29, 1.82) is 0 Å². The number of pyridine rings is 1. The highest BCUT2D eigenvalue weighted by atomic mass is 35.5. The second-order valence-corrected chi connectivity index (χ2v) is 6.71. The minimum Gasteiger partial charge on any atom is -0.493 e. The highest BCUT2D eigenvalue weighted by molar-refractivity contribution is 6.36. The van der Waals surface area contributed by atoms with Crippen molar-refractivity contribution in [3.05, 3.63) is 52.9 Å². The van der Waals surface area contributed by atoms with Gasteiger partial charge in [0.15, 0.2) is 0 Å². The molecule has 0 radical (unpaired) electrons. The number of hydrogen-bond donors (Lipinski definition) is 3. The topological polar surface area (TPSA) is 102 Å². The number of carboxylic acids is 1. The van der Waals surface area contributed by atoms with Crippen LogP contribution in [0.25, 0.3) is 22.5 Å². The standard InChI is InChI=1S/C19H19ClN4O3/c1-24(2)9-7-14-22-17(11-6-8-21-15(25)10-11)18(23-14)12-4-3-5-13(16(12)20)19(26)27/h3-6,8,10H,7,9H2,1-2H3,(H,21,25)(H,22,23)(H,26,27). The summed E-state index contributed by atoms with van der Waals surface area (Å²) < 4.78 is 0. The van der Waals surface area contributed by atoms with E-state index in [4.69, 9.17) is 11.6 Å². The lowest BCUT2D eigenvalue weighted by atomic mass is 10.0. The Hall–Kier alpha value is -2.90. The fourth-order valence-corrected chi connectivity index (χ4v) is 3.02. The predicted molar refractivity (Wildman–Crippen MR) is 103 cm³/mol. The third-order valence-corrected chi connectivity index (χ3v) is 4.47. The molecule has 0 atom stereocenters. The zero-order valence-electron chi connectivity index (χ0n) is 14.9. The van der Waals surface area contributed by atoms with E-state index in [1.54, 1.807) is 18.2 Å². The Morgan fingerprint density at radius 2 is 2.07 bits per heavy atom. The average Bonchev–Trinajstić information content (AvgIpc) is 3.04. The number of H-pyrrole nitrogens is 1. The van der Waals surface area contributed by atoms with Gasteiger partial charge in [0.2, 0.25) is 5.88 Å². The highest BCUT2D eigenvalue weighted by Gasteiger charge is 2.20. The van der Waals surface area contributed by atoms with Gasteiger partial charge in [-0.15, -0.1) is 0 Å². The second-order valence-electron chi connectivity index (χ2n) is 6.34. The Labute approximate surface area is 161 Å². The summed E-state index contributed by atoms with van der Waals surface area (Å²) in [6.07, 6.45) is 2.16. The molecular formula is C19H19ClN4O3. The summed E-state index contributed by atoms with van der Waals surface area (Å²) in [6, 6.07) is 8.06. The number of carbonyl (C=O) groups is 1. The number of imidazole rings is 1. The SMILES string of the molecule is CN(C)CCc1nc(-c2cccc(C(=O)O)c2Cl)c(-c2ccnc(O)c2)[nH]1. The van der Waals surface area contributed by atoms with Gasteiger partial charge >= 0.3 is 5.97 Å². The molecule has 0 aliphatic heterocycles. The van der Waals surface area contributed by atoms with E-state index in [1.165, 1.54) is 18.3 Å². The quantitative estimate of drug-likeness (QED) is 0.600. The number of halogens is 1. The van der Waals surface area contributed by atoms with Gasteiger partial charge < -0.3 is 20.1 Å². The Morgan fingerprint density at radius 1 is 1.30 bits per heavy atom. The van der Waals surface area contributed by atoms with E-state index in [9.17, 15) is 15.0 Å². The van der Waals surface area contributed by atoms with Gasteiger partial charge in [0.05, 0.1) is 22.0 Å². The number of aromatic nitrogens is 3. The first kappa shape index (κ1) is 18.9. The monoisotopic (exact) mass is 386 g/mol. The molecule has 0 saturated heterocycles. The summed E-state index contributed by atoms with van der Waals surface area (Å²) in [5.41, 5.74) is 2.37. The van der Waals surface area contributed by atoms with Crippen LogP contribution in [0, 0.1) is 0 Å². The summed E-state index contributed by atoms with van der Waals surface area (Å²) in [5.74, 6) is -0.483. The first-order valence-electron chi connectivity index (χ1n) is 8.28. The normalized spacial score (nSPS) is 11.1. The molecule has 0 bridgehead atoms. The van der Waals surface area contributed by atoms with Crippen LogP contribution in [0.1, 0.15) is 16.2 Å². The summed E-state index contributed by atoms with van der Waals surface area (Å²) in [6.45, 7) is 0.789. The van der Waals surface area contributed by atoms with Crippen molar-refractivity contribution in [2.75, 3.05) is 20.6 Å². The van der Waals surface area contributed by atoms with Crippen LogP contribution in [-0.2, 0) is 6.42 Å². The van der Waals surface area contributed by atoms with Crippen molar-refractivity contribution >= 4 is 17.6 Å². The molecule has 3 rings (SSSR count). The van der Waals surface area contributed by atoms with Gasteiger partial charge in [0.25, 0.3) is 0 Å². The minimum absolute atomic E-state index is 0.00975. The molecule has 1 aromatic carbocycles. The molecule has 0 saturated carbocycles. The van der Waals surface area contributed by atoms with Crippen LogP contribution >= 0.6 is 11.6 Å². The van der Waals surface area contributed by atoms with E-state index in [1.807, 2.05) is 19.0 Å². The predicted octanol–water partition coefficient (Wildman–Crippen LogP) is 3.30. The maximum absolute atomic E-state index is 11.4. The van der Waals surface area contributed by atoms with E-state index in [-0.39, 0.29) is 16.5 Å². The van der Waals surface area contributed by atoms with Crippen molar-refractivity contribution in [3.8, 4) is 28.4 Å². The number of rotatable bonds is 6. The Balaban J connectivity index is 2.16. The Morgan fingerprint density at radius 3 is 2.74 bits per heavy atom. The lowest BCUT2D eigenvalue weighted by Crippen LogP contribution is -2.15. The molecule has 0 aliphatic rings. The first-order chi connectivity index (χ1) is 12.9. The average molecular weight is 387 g/mol. The largest absolute Gasteiger partial charge is 0.493 e. The molecule has 8 heteroatoms. The number of aromatic carboxylic acids is 1. The smallest absolute Gasteiger partial charge is 0.337 e. The molecule has 2 aromatic heterocycles. The van der Waals surface area contributed by atoms with Crippen LogP contribution in [0.3, 0.4) is 0 Å². The second kappa shape index (κ2) is 7.77. The molecule has 3 aromatic rings. The molecule has 140 valence electrons. The van der Waals surface area contributed by atoms with Crippen LogP contribution in [0.4, 0.5) is 0 Å². The van der Waals surface area contributed by atoms with Crippen LogP contribution in [0.2, 0.25) is 5.02 Å². The Bertz CT molecular complexity index is 985. The van der Waals surface area contributed by atoms with Crippen LogP contribution in [0.15, 0.2) is 36.5 Å². The third kappa shape index (κ3) is 4.10. The van der Waals surface area contributed by atoms with Crippen molar-refractivity contribution in [1.82, 2.24) is 19.9 Å². The first-order valence-corrected chi connectivity index (χ1v) is 8.65. The van der Waals surface area contributed by atoms with Gasteiger partial charge in [-0.2, -0.15) is 0 Å². The molecular weight excluding hydrogens is 368 g/mol. The zero-order valence-corrected chi connectivity index (χ0v) is 15.7. The minimum atomic E-state index is -1.10. The van der Waals surface area contributed by atoms with Crippen molar-refractivity contribution < 1.29 is 15.0 Å². The third-order valence-electron chi connectivity index (χ3n) is 4.07. The van der Waals surface area contributed by atoms with Crippen LogP contribution in [-0.4, -0.2) is 56.7 Å². The lowest BCUT2D eigenvalue weighted by molar-refractivity contribution is 0.0697. The van der Waals surface area contributed by atoms with Crippen LogP contribution < -0.4 is 0 Å². The van der Waals surface area contributed by atoms with E-state index in [2.05, 4.69) is 15.0 Å². The van der Waals surface area contributed by atoms with Crippen molar-refractivity contribution in [3.63, 3.8) is 0 Å². The number of aromatic hydroxyl groups is 1. The zero-order chi connectivity index (χ0) is 19.6. The van der Waals surface area contributed by atoms with Crippen molar-refractivity contribution in [2.45, 2.75) is 6.42 Å². The van der Waals surface area contributed by atoms with Crippen molar-refractivity contribution in [2.24, 2.45) is 0 Å². The summed E-state index contributed by atoms with van der Waals surface area (Å²) in [4.78, 5) is 25.2. The molecule has 0 spiro atoms. The number of hydrogen-bond acceptors (Lipinski definition) is 5. The number of nitrogens with one attached hydrogen (secondary N) is 1. The maximum atomic E-state index is 11.4.